The molecule has 1 rings (SSSR count). The maximum atomic E-state index is 10.9. The molecule has 1 fully saturated rings. The fourth-order valence-corrected chi connectivity index (χ4v) is 1.76. The van der Waals surface area contributed by atoms with Crippen LogP contribution in [0.4, 0.5) is 0 Å². The summed E-state index contributed by atoms with van der Waals surface area (Å²) in [6.07, 6.45) is 7.18. The van der Waals surface area contributed by atoms with Gasteiger partial charge in [0.25, 0.3) is 0 Å². The number of rotatable bonds is 4. The van der Waals surface area contributed by atoms with Gasteiger partial charge < -0.3 is 5.32 Å². The fourth-order valence-electron chi connectivity index (χ4n) is 1.76. The van der Waals surface area contributed by atoms with Gasteiger partial charge in [-0.3, -0.25) is 9.69 Å². The Balaban J connectivity index is 2.11. The summed E-state index contributed by atoms with van der Waals surface area (Å²) in [5.41, 5.74) is 0. The van der Waals surface area contributed by atoms with Gasteiger partial charge in [-0.15, -0.1) is 0 Å². The summed E-state index contributed by atoms with van der Waals surface area (Å²) in [6, 6.07) is 0. The van der Waals surface area contributed by atoms with Crippen molar-refractivity contribution in [2.75, 3.05) is 26.7 Å². The molecule has 3 heteroatoms. The second-order valence-electron chi connectivity index (χ2n) is 4.33. The van der Waals surface area contributed by atoms with E-state index in [0.717, 1.165) is 12.5 Å². The Hall–Kier alpha value is -0.830. The zero-order valence-electron chi connectivity index (χ0n) is 9.83. The lowest BCUT2D eigenvalue weighted by molar-refractivity contribution is -0.119. The summed E-state index contributed by atoms with van der Waals surface area (Å²) in [5, 5.41) is 2.61. The molecule has 1 aliphatic rings. The van der Waals surface area contributed by atoms with Crippen molar-refractivity contribution in [1.29, 1.82) is 0 Å². The Morgan fingerprint density at radius 2 is 2.07 bits per heavy atom. The first kappa shape index (κ1) is 12.2. The van der Waals surface area contributed by atoms with Gasteiger partial charge in [-0.2, -0.15) is 0 Å². The first-order valence-electron chi connectivity index (χ1n) is 5.80. The minimum atomic E-state index is 0.0820. The number of carbonyl (C=O) groups excluding carboxylic acids is 1. The van der Waals surface area contributed by atoms with E-state index in [1.807, 2.05) is 6.08 Å². The lowest BCUT2D eigenvalue weighted by atomic mass is 9.99. The molecule has 3 nitrogen and oxygen atoms in total. The molecule has 1 amide bonds. The predicted octanol–water partition coefficient (Wildman–Crippen LogP) is 1.41. The fraction of sp³-hybridized carbons (Fsp3) is 0.750. The molecule has 0 spiro atoms. The Bertz CT molecular complexity index is 218. The molecule has 86 valence electrons. The van der Waals surface area contributed by atoms with E-state index in [-0.39, 0.29) is 5.91 Å². The quantitative estimate of drug-likeness (QED) is 0.712. The summed E-state index contributed by atoms with van der Waals surface area (Å²) >= 11 is 0. The van der Waals surface area contributed by atoms with Crippen LogP contribution < -0.4 is 5.32 Å². The van der Waals surface area contributed by atoms with Crippen LogP contribution in [0.1, 0.15) is 26.2 Å². The highest BCUT2D eigenvalue weighted by Crippen LogP contribution is 2.15. The van der Waals surface area contributed by atoms with Gasteiger partial charge in [-0.05, 0) is 31.8 Å². The number of piperidine rings is 1. The average molecular weight is 210 g/mol. The third kappa shape index (κ3) is 4.98. The third-order valence-electron chi connectivity index (χ3n) is 2.99. The summed E-state index contributed by atoms with van der Waals surface area (Å²) in [7, 11) is 1.67. The molecular weight excluding hydrogens is 188 g/mol. The second kappa shape index (κ2) is 6.62. The molecule has 0 atom stereocenters. The molecule has 15 heavy (non-hydrogen) atoms. The summed E-state index contributed by atoms with van der Waals surface area (Å²) in [5.74, 6) is 0.967. The van der Waals surface area contributed by atoms with Crippen LogP contribution in [0, 0.1) is 5.92 Å². The standard InChI is InChI=1S/C12H22N2O/c1-11-6-9-14(10-7-11)8-4-3-5-12(15)13-2/h3-4,11H,5-10H2,1-2H3,(H,13,15)/b4-3+. The van der Waals surface area contributed by atoms with Crippen molar-refractivity contribution in [3.8, 4) is 0 Å². The molecule has 0 radical (unpaired) electrons. The number of amides is 1. The van der Waals surface area contributed by atoms with E-state index < -0.39 is 0 Å². The lowest BCUT2D eigenvalue weighted by Gasteiger charge is -2.29. The van der Waals surface area contributed by atoms with E-state index in [2.05, 4.69) is 23.2 Å². The minimum Gasteiger partial charge on any atom is -0.359 e. The van der Waals surface area contributed by atoms with Gasteiger partial charge in [0.15, 0.2) is 0 Å². The van der Waals surface area contributed by atoms with Crippen molar-refractivity contribution in [2.24, 2.45) is 5.92 Å². The van der Waals surface area contributed by atoms with Crippen molar-refractivity contribution < 1.29 is 4.79 Å². The maximum Gasteiger partial charge on any atom is 0.223 e. The van der Waals surface area contributed by atoms with Crippen molar-refractivity contribution in [2.45, 2.75) is 26.2 Å². The van der Waals surface area contributed by atoms with Crippen LogP contribution in [-0.2, 0) is 4.79 Å². The van der Waals surface area contributed by atoms with E-state index in [1.165, 1.54) is 25.9 Å². The van der Waals surface area contributed by atoms with Crippen LogP contribution in [0.15, 0.2) is 12.2 Å². The van der Waals surface area contributed by atoms with Gasteiger partial charge in [-0.1, -0.05) is 19.1 Å². The summed E-state index contributed by atoms with van der Waals surface area (Å²) in [4.78, 5) is 13.4. The van der Waals surface area contributed by atoms with Gasteiger partial charge in [0.2, 0.25) is 5.91 Å². The Labute approximate surface area is 92.5 Å². The minimum absolute atomic E-state index is 0.0820. The Morgan fingerprint density at radius 3 is 2.67 bits per heavy atom. The average Bonchev–Trinajstić information content (AvgIpc) is 2.26. The molecule has 1 N–H and O–H groups in total. The van der Waals surface area contributed by atoms with Crippen LogP contribution in [0.3, 0.4) is 0 Å². The topological polar surface area (TPSA) is 32.3 Å². The first-order valence-corrected chi connectivity index (χ1v) is 5.80. The lowest BCUT2D eigenvalue weighted by Crippen LogP contribution is -2.32. The van der Waals surface area contributed by atoms with E-state index in [0.29, 0.717) is 6.42 Å². The highest BCUT2D eigenvalue weighted by Gasteiger charge is 2.13. The molecule has 1 saturated heterocycles. The van der Waals surface area contributed by atoms with Gasteiger partial charge in [0.05, 0.1) is 0 Å². The normalized spacial score (nSPS) is 19.6. The summed E-state index contributed by atoms with van der Waals surface area (Å²) < 4.78 is 0. The molecule has 1 heterocycles. The molecule has 1 aliphatic heterocycles. The highest BCUT2D eigenvalue weighted by molar-refractivity contribution is 5.76. The van der Waals surface area contributed by atoms with E-state index in [4.69, 9.17) is 0 Å². The molecule has 0 saturated carbocycles. The molecule has 0 aromatic heterocycles. The molecule has 0 aliphatic carbocycles. The Morgan fingerprint density at radius 1 is 1.40 bits per heavy atom. The van der Waals surface area contributed by atoms with Crippen molar-refractivity contribution in [1.82, 2.24) is 10.2 Å². The predicted molar refractivity (Wildman–Crippen MR) is 62.7 cm³/mol. The first-order chi connectivity index (χ1) is 7.22. The number of hydrogen-bond acceptors (Lipinski definition) is 2. The number of nitrogens with zero attached hydrogens (tertiary/aromatic N) is 1. The van der Waals surface area contributed by atoms with E-state index in [9.17, 15) is 4.79 Å². The molecule has 0 bridgehead atoms. The second-order valence-corrected chi connectivity index (χ2v) is 4.33. The van der Waals surface area contributed by atoms with Crippen molar-refractivity contribution in [3.63, 3.8) is 0 Å². The van der Waals surface area contributed by atoms with Crippen molar-refractivity contribution >= 4 is 5.91 Å². The van der Waals surface area contributed by atoms with Crippen LogP contribution in [-0.4, -0.2) is 37.5 Å². The van der Waals surface area contributed by atoms with Gasteiger partial charge in [0.1, 0.15) is 0 Å². The van der Waals surface area contributed by atoms with Gasteiger partial charge >= 0.3 is 0 Å². The van der Waals surface area contributed by atoms with Gasteiger partial charge in [-0.25, -0.2) is 0 Å². The molecule has 0 unspecified atom stereocenters. The van der Waals surface area contributed by atoms with Crippen LogP contribution in [0.25, 0.3) is 0 Å². The van der Waals surface area contributed by atoms with Crippen LogP contribution in [0.5, 0.6) is 0 Å². The SMILES string of the molecule is CNC(=O)C/C=C/CN1CCC(C)CC1. The monoisotopic (exact) mass is 210 g/mol. The third-order valence-corrected chi connectivity index (χ3v) is 2.99. The van der Waals surface area contributed by atoms with Crippen LogP contribution >= 0.6 is 0 Å². The highest BCUT2D eigenvalue weighted by atomic mass is 16.1. The smallest absolute Gasteiger partial charge is 0.223 e. The number of likely N-dealkylation sites (tertiary alicyclic amines) is 1. The van der Waals surface area contributed by atoms with Gasteiger partial charge in [0, 0.05) is 20.0 Å². The van der Waals surface area contributed by atoms with Crippen LogP contribution in [0.2, 0.25) is 0 Å². The zero-order chi connectivity index (χ0) is 11.1. The maximum absolute atomic E-state index is 10.9. The summed E-state index contributed by atoms with van der Waals surface area (Å²) in [6.45, 7) is 5.71. The van der Waals surface area contributed by atoms with Crippen molar-refractivity contribution in [3.05, 3.63) is 12.2 Å². The Kier molecular flexibility index (Phi) is 5.40. The number of carbonyl (C=O) groups is 1. The number of nitrogens with one attached hydrogen (secondary N) is 1. The van der Waals surface area contributed by atoms with E-state index >= 15 is 0 Å². The molecule has 0 aromatic rings. The number of hydrogen-bond donors (Lipinski definition) is 1. The molecular formula is C12H22N2O. The largest absolute Gasteiger partial charge is 0.359 e. The van der Waals surface area contributed by atoms with E-state index in [1.54, 1.807) is 7.05 Å². The molecule has 0 aromatic carbocycles. The zero-order valence-corrected chi connectivity index (χ0v) is 9.83.